The molecule has 0 saturated carbocycles. The van der Waals surface area contributed by atoms with Crippen LogP contribution >= 0.6 is 15.6 Å². The summed E-state index contributed by atoms with van der Waals surface area (Å²) in [5.74, 6) is -2.61. The van der Waals surface area contributed by atoms with Gasteiger partial charge in [-0.3, -0.25) is 4.52 Å². The van der Waals surface area contributed by atoms with Crippen molar-refractivity contribution < 1.29 is 41.6 Å². The van der Waals surface area contributed by atoms with Crippen LogP contribution in [-0.2, 0) is 44.5 Å². The van der Waals surface area contributed by atoms with Crippen molar-refractivity contribution in [1.82, 2.24) is 9.97 Å². The minimum Gasteiger partial charge on any atom is -0.384 e. The highest BCUT2D eigenvalue weighted by molar-refractivity contribution is 7.50. The minimum absolute atomic E-state index is 0.0771. The van der Waals surface area contributed by atoms with Crippen molar-refractivity contribution in [1.29, 1.82) is 0 Å². The van der Waals surface area contributed by atoms with Crippen molar-refractivity contribution in [3.05, 3.63) is 11.4 Å². The van der Waals surface area contributed by atoms with Crippen LogP contribution in [0.25, 0.3) is 0 Å². The van der Waals surface area contributed by atoms with E-state index in [4.69, 9.17) is 27.3 Å². The molecule has 0 aromatic carbocycles. The van der Waals surface area contributed by atoms with E-state index >= 15 is 0 Å². The number of fused-ring (bicyclic) bond motifs is 1. The van der Waals surface area contributed by atoms with E-state index < -0.39 is 21.6 Å². The fourth-order valence-corrected chi connectivity index (χ4v) is 4.12. The third-order valence-electron chi connectivity index (χ3n) is 2.76. The smallest absolute Gasteiger partial charge is 0.384 e. The highest BCUT2D eigenvalue weighted by atomic mass is 31.2. The number of aromatic nitrogens is 2. The monoisotopic (exact) mass is 323 g/mol. The first-order chi connectivity index (χ1) is 9.38. The lowest BCUT2D eigenvalue weighted by molar-refractivity contribution is -0.364. The van der Waals surface area contributed by atoms with Gasteiger partial charge in [0.05, 0.1) is 0 Å². The van der Waals surface area contributed by atoms with E-state index in [-0.39, 0.29) is 29.7 Å². The molecule has 0 amide bonds. The van der Waals surface area contributed by atoms with Gasteiger partial charge in [0.15, 0.2) is 11.4 Å². The van der Waals surface area contributed by atoms with Crippen LogP contribution in [0, 0.1) is 0 Å². The second-order valence-electron chi connectivity index (χ2n) is 4.09. The van der Waals surface area contributed by atoms with Crippen LogP contribution in [-0.4, -0.2) is 15.1 Å². The van der Waals surface area contributed by atoms with Crippen LogP contribution in [0.15, 0.2) is 0 Å². The molecular weight excluding hydrogens is 320 g/mol. The van der Waals surface area contributed by atoms with Gasteiger partial charge >= 0.3 is 21.6 Å². The van der Waals surface area contributed by atoms with E-state index in [9.17, 15) is 14.2 Å². The van der Waals surface area contributed by atoms with Gasteiger partial charge in [-0.25, -0.2) is 23.2 Å². The second kappa shape index (κ2) is 3.06. The van der Waals surface area contributed by atoms with Crippen molar-refractivity contribution in [2.45, 2.75) is 12.6 Å². The predicted molar refractivity (Wildman–Crippen MR) is 53.4 cm³/mol. The SMILES string of the molecule is O=P12OCc3nc4c(c(n3)N(O1)O2)C1(O)OP(=O)(O4)O1. The molecule has 1 aromatic heterocycles. The summed E-state index contributed by atoms with van der Waals surface area (Å²) in [6.45, 7) is -0.279. The molecule has 7 rings (SSSR count). The summed E-state index contributed by atoms with van der Waals surface area (Å²) < 4.78 is 52.1. The highest BCUT2D eigenvalue weighted by Crippen LogP contribution is 2.73. The van der Waals surface area contributed by atoms with Crippen LogP contribution in [0.5, 0.6) is 5.88 Å². The summed E-state index contributed by atoms with van der Waals surface area (Å²) in [7, 11) is -7.52. The van der Waals surface area contributed by atoms with Gasteiger partial charge < -0.3 is 9.63 Å². The quantitative estimate of drug-likeness (QED) is 0.663. The van der Waals surface area contributed by atoms with Gasteiger partial charge in [0, 0.05) is 0 Å². The molecule has 0 spiro atoms. The molecule has 20 heavy (non-hydrogen) atoms. The standard InChI is InChI=1S/C6H3N3O9P2/c10-6-3-4-7-2(1-13-19(11)17-9(4)18-19)8-5(3)14-20(12,15-6)16-6/h10H,1H2. The molecule has 12 nitrogen and oxygen atoms in total. The van der Waals surface area contributed by atoms with Crippen LogP contribution in [0.3, 0.4) is 0 Å². The zero-order valence-electron chi connectivity index (χ0n) is 9.16. The molecule has 2 saturated heterocycles. The molecule has 14 heteroatoms. The fraction of sp³-hybridized carbons (Fsp3) is 0.333. The lowest BCUT2D eigenvalue weighted by Crippen LogP contribution is -2.48. The number of hydrogen-bond acceptors (Lipinski definition) is 12. The number of rotatable bonds is 0. The molecule has 2 fully saturated rings. The number of hydrogen-bond donors (Lipinski definition) is 1. The summed E-state index contributed by atoms with van der Waals surface area (Å²) in [6, 6.07) is 0. The van der Waals surface area contributed by atoms with Crippen LogP contribution < -0.4 is 9.75 Å². The van der Waals surface area contributed by atoms with Gasteiger partial charge in [0.25, 0.3) is 0 Å². The average molecular weight is 323 g/mol. The first-order valence-corrected chi connectivity index (χ1v) is 8.09. The number of anilines is 1. The molecular formula is C6H3N3O9P2. The molecule has 0 atom stereocenters. The molecule has 0 radical (unpaired) electrons. The molecule has 6 bridgehead atoms. The molecule has 106 valence electrons. The number of phosphoric ester groups is 1. The third kappa shape index (κ3) is 1.27. The van der Waals surface area contributed by atoms with Gasteiger partial charge in [-0.2, -0.15) is 4.98 Å². The van der Waals surface area contributed by atoms with E-state index in [0.29, 0.717) is 5.23 Å². The summed E-state index contributed by atoms with van der Waals surface area (Å²) in [5, 5.41) is 10.7. The summed E-state index contributed by atoms with van der Waals surface area (Å²) in [4.78, 5) is 7.86. The zero-order chi connectivity index (χ0) is 13.8. The highest BCUT2D eigenvalue weighted by Gasteiger charge is 2.68. The van der Waals surface area contributed by atoms with Gasteiger partial charge in [-0.15, -0.1) is 9.25 Å². The number of phosphoric acid groups is 2. The van der Waals surface area contributed by atoms with Crippen molar-refractivity contribution in [3.8, 4) is 5.88 Å². The van der Waals surface area contributed by atoms with Crippen molar-refractivity contribution in [3.63, 3.8) is 0 Å². The largest absolute Gasteiger partial charge is 0.540 e. The first kappa shape index (κ1) is 11.5. The predicted octanol–water partition coefficient (Wildman–Crippen LogP) is 0.448. The topological polar surface area (TPSA) is 139 Å². The molecule has 6 aliphatic heterocycles. The van der Waals surface area contributed by atoms with Crippen LogP contribution in [0.4, 0.5) is 5.82 Å². The fourth-order valence-electron chi connectivity index (χ4n) is 2.00. The van der Waals surface area contributed by atoms with Gasteiger partial charge in [0.2, 0.25) is 11.7 Å². The number of nitrogens with zero attached hydrogens (tertiary/aromatic N) is 3. The van der Waals surface area contributed by atoms with Gasteiger partial charge in [-0.05, 0) is 0 Å². The Bertz CT molecular complexity index is 746. The Morgan fingerprint density at radius 1 is 1.20 bits per heavy atom. The molecule has 0 unspecified atom stereocenters. The normalized spacial score (nSPS) is 38.5. The Labute approximate surface area is 109 Å². The zero-order valence-corrected chi connectivity index (χ0v) is 10.9. The maximum absolute atomic E-state index is 11.7. The van der Waals surface area contributed by atoms with E-state index in [0.717, 1.165) is 0 Å². The Morgan fingerprint density at radius 3 is 2.70 bits per heavy atom. The maximum Gasteiger partial charge on any atom is 0.540 e. The molecule has 7 heterocycles. The third-order valence-corrected chi connectivity index (χ3v) is 5.24. The van der Waals surface area contributed by atoms with Crippen molar-refractivity contribution >= 4 is 21.5 Å². The first-order valence-electron chi connectivity index (χ1n) is 5.17. The Kier molecular flexibility index (Phi) is 1.76. The number of aliphatic hydroxyl groups is 1. The Balaban J connectivity index is 1.75. The van der Waals surface area contributed by atoms with E-state index in [1.165, 1.54) is 0 Å². The van der Waals surface area contributed by atoms with E-state index in [1.54, 1.807) is 0 Å². The van der Waals surface area contributed by atoms with E-state index in [2.05, 4.69) is 9.97 Å². The average Bonchev–Trinajstić information content (AvgIpc) is 2.28. The summed E-state index contributed by atoms with van der Waals surface area (Å²) >= 11 is 0. The molecule has 6 aliphatic rings. The minimum atomic E-state index is -3.85. The Hall–Kier alpha value is -1.10. The molecule has 1 aromatic rings. The van der Waals surface area contributed by atoms with Gasteiger partial charge in [-0.1, -0.05) is 5.23 Å². The van der Waals surface area contributed by atoms with E-state index in [1.807, 2.05) is 0 Å². The van der Waals surface area contributed by atoms with Crippen LogP contribution in [0.2, 0.25) is 0 Å². The summed E-state index contributed by atoms with van der Waals surface area (Å²) in [6.07, 6.45) is 0. The summed E-state index contributed by atoms with van der Waals surface area (Å²) in [5.41, 5.74) is -0.202. The lowest BCUT2D eigenvalue weighted by Gasteiger charge is -2.46. The second-order valence-corrected chi connectivity index (χ2v) is 7.01. The van der Waals surface area contributed by atoms with Crippen LogP contribution in [0.1, 0.15) is 11.4 Å². The molecule has 0 aliphatic carbocycles. The van der Waals surface area contributed by atoms with Crippen molar-refractivity contribution in [2.75, 3.05) is 5.23 Å². The lowest BCUT2D eigenvalue weighted by atomic mass is 10.2. The maximum atomic E-state index is 11.7. The Morgan fingerprint density at radius 2 is 1.95 bits per heavy atom. The van der Waals surface area contributed by atoms with Gasteiger partial charge in [0.1, 0.15) is 6.61 Å². The van der Waals surface area contributed by atoms with Crippen molar-refractivity contribution in [2.24, 2.45) is 0 Å². The molecule has 1 N–H and O–H groups in total.